The van der Waals surface area contributed by atoms with Crippen LogP contribution in [0, 0.1) is 0 Å². The van der Waals surface area contributed by atoms with Gasteiger partial charge in [0.15, 0.2) is 17.3 Å². The first-order valence-corrected chi connectivity index (χ1v) is 7.58. The van der Waals surface area contributed by atoms with E-state index in [2.05, 4.69) is 27.2 Å². The first kappa shape index (κ1) is 18.1. The zero-order chi connectivity index (χ0) is 17.5. The van der Waals surface area contributed by atoms with E-state index in [1.165, 1.54) is 13.2 Å². The highest BCUT2D eigenvalue weighted by molar-refractivity contribution is 5.43. The molecule has 0 spiro atoms. The summed E-state index contributed by atoms with van der Waals surface area (Å²) < 4.78 is 36.0. The summed E-state index contributed by atoms with van der Waals surface area (Å²) in [5, 5.41) is 11.7. The number of hydrogen-bond acceptors (Lipinski definition) is 6. The fraction of sp³-hybridized carbons (Fsp3) is 0.533. The van der Waals surface area contributed by atoms with Gasteiger partial charge in [0, 0.05) is 13.1 Å². The van der Waals surface area contributed by atoms with Crippen molar-refractivity contribution in [2.45, 2.75) is 39.6 Å². The Balaban J connectivity index is 2.03. The minimum Gasteiger partial charge on any atom is -0.493 e. The maximum absolute atomic E-state index is 12.4. The van der Waals surface area contributed by atoms with Crippen LogP contribution >= 0.6 is 0 Å². The highest BCUT2D eigenvalue weighted by atomic mass is 19.3. The molecule has 7 nitrogen and oxygen atoms in total. The second kappa shape index (κ2) is 8.53. The monoisotopic (exact) mass is 341 g/mol. The zero-order valence-corrected chi connectivity index (χ0v) is 13.9. The quantitative estimate of drug-likeness (QED) is 0.697. The fourth-order valence-electron chi connectivity index (χ4n) is 2.33. The van der Waals surface area contributed by atoms with Crippen molar-refractivity contribution >= 4 is 0 Å². The maximum Gasteiger partial charge on any atom is 0.387 e. The predicted molar refractivity (Wildman–Crippen MR) is 82.9 cm³/mol. The summed E-state index contributed by atoms with van der Waals surface area (Å²) in [5.41, 5.74) is 0.908. The topological polar surface area (TPSA) is 65.3 Å². The van der Waals surface area contributed by atoms with Crippen LogP contribution in [0.25, 0.3) is 0 Å². The second-order valence-electron chi connectivity index (χ2n) is 5.35. The van der Waals surface area contributed by atoms with Gasteiger partial charge < -0.3 is 9.47 Å². The number of nitrogens with zero attached hydrogens (tertiary/aromatic N) is 5. The number of rotatable bonds is 9. The van der Waals surface area contributed by atoms with E-state index >= 15 is 0 Å². The molecule has 2 aromatic rings. The van der Waals surface area contributed by atoms with E-state index in [1.807, 2.05) is 11.9 Å². The third-order valence-electron chi connectivity index (χ3n) is 3.35. The minimum absolute atomic E-state index is 0.0193. The number of hydrogen-bond donors (Lipinski definition) is 0. The molecular formula is C15H21F2N5O2. The van der Waals surface area contributed by atoms with Crippen molar-refractivity contribution in [2.24, 2.45) is 0 Å². The van der Waals surface area contributed by atoms with E-state index in [0.29, 0.717) is 13.1 Å². The molecule has 0 atom stereocenters. The standard InChI is InChI=1S/C15H21F2N5O2/c1-4-7-22-14(18-19-20-22)10-21(2)9-11-5-6-12(24-15(16)17)13(8-11)23-3/h5-6,8,15H,4,7,9-10H2,1-3H3. The van der Waals surface area contributed by atoms with Gasteiger partial charge in [-0.25, -0.2) is 4.68 Å². The van der Waals surface area contributed by atoms with Crippen LogP contribution in [0.2, 0.25) is 0 Å². The van der Waals surface area contributed by atoms with Crippen LogP contribution in [-0.4, -0.2) is 45.9 Å². The number of benzene rings is 1. The van der Waals surface area contributed by atoms with Gasteiger partial charge in [0.05, 0.1) is 13.7 Å². The Morgan fingerprint density at radius 2 is 2.04 bits per heavy atom. The van der Waals surface area contributed by atoms with Gasteiger partial charge in [-0.1, -0.05) is 13.0 Å². The van der Waals surface area contributed by atoms with Gasteiger partial charge in [-0.15, -0.1) is 5.10 Å². The number of tetrazole rings is 1. The highest BCUT2D eigenvalue weighted by Crippen LogP contribution is 2.29. The zero-order valence-electron chi connectivity index (χ0n) is 13.9. The largest absolute Gasteiger partial charge is 0.493 e. The Hall–Kier alpha value is -2.29. The molecule has 0 amide bonds. The minimum atomic E-state index is -2.88. The molecule has 0 aliphatic heterocycles. The van der Waals surface area contributed by atoms with Gasteiger partial charge >= 0.3 is 6.61 Å². The summed E-state index contributed by atoms with van der Waals surface area (Å²) in [7, 11) is 3.35. The Labute approximate surface area is 139 Å². The molecule has 1 heterocycles. The van der Waals surface area contributed by atoms with E-state index in [-0.39, 0.29) is 11.5 Å². The first-order valence-electron chi connectivity index (χ1n) is 7.58. The Morgan fingerprint density at radius 3 is 2.71 bits per heavy atom. The molecule has 2 rings (SSSR count). The van der Waals surface area contributed by atoms with Crippen molar-refractivity contribution in [2.75, 3.05) is 14.2 Å². The summed E-state index contributed by atoms with van der Waals surface area (Å²) >= 11 is 0. The third-order valence-corrected chi connectivity index (χ3v) is 3.35. The molecule has 0 saturated carbocycles. The summed E-state index contributed by atoms with van der Waals surface area (Å²) in [6.45, 7) is 1.10. The normalized spacial score (nSPS) is 11.3. The molecular weight excluding hydrogens is 320 g/mol. The van der Waals surface area contributed by atoms with E-state index in [4.69, 9.17) is 4.74 Å². The Bertz CT molecular complexity index is 651. The molecule has 0 radical (unpaired) electrons. The SMILES string of the molecule is CCCn1nnnc1CN(C)Cc1ccc(OC(F)F)c(OC)c1. The van der Waals surface area contributed by atoms with Crippen LogP contribution in [0.3, 0.4) is 0 Å². The molecule has 9 heteroatoms. The average Bonchev–Trinajstić information content (AvgIpc) is 2.95. The van der Waals surface area contributed by atoms with Crippen LogP contribution < -0.4 is 9.47 Å². The van der Waals surface area contributed by atoms with Crippen molar-refractivity contribution in [3.8, 4) is 11.5 Å². The highest BCUT2D eigenvalue weighted by Gasteiger charge is 2.13. The molecule has 132 valence electrons. The van der Waals surface area contributed by atoms with Crippen LogP contribution in [0.1, 0.15) is 24.7 Å². The third kappa shape index (κ3) is 4.85. The van der Waals surface area contributed by atoms with Crippen molar-refractivity contribution < 1.29 is 18.3 Å². The van der Waals surface area contributed by atoms with Crippen LogP contribution in [0.5, 0.6) is 11.5 Å². The Kier molecular flexibility index (Phi) is 6.42. The fourth-order valence-corrected chi connectivity index (χ4v) is 2.33. The lowest BCUT2D eigenvalue weighted by molar-refractivity contribution is -0.0512. The molecule has 0 saturated heterocycles. The van der Waals surface area contributed by atoms with Gasteiger partial charge in [0.25, 0.3) is 0 Å². The van der Waals surface area contributed by atoms with Crippen LogP contribution in [-0.2, 0) is 19.6 Å². The molecule has 0 bridgehead atoms. The molecule has 1 aromatic carbocycles. The molecule has 1 aromatic heterocycles. The van der Waals surface area contributed by atoms with E-state index < -0.39 is 6.61 Å². The van der Waals surface area contributed by atoms with E-state index in [0.717, 1.165) is 24.4 Å². The summed E-state index contributed by atoms with van der Waals surface area (Å²) in [6, 6.07) is 4.89. The van der Waals surface area contributed by atoms with Gasteiger partial charge in [-0.3, -0.25) is 4.90 Å². The summed E-state index contributed by atoms with van der Waals surface area (Å²) in [6.07, 6.45) is 0.949. The molecule has 0 N–H and O–H groups in total. The van der Waals surface area contributed by atoms with E-state index in [9.17, 15) is 8.78 Å². The van der Waals surface area contributed by atoms with Gasteiger partial charge in [-0.05, 0) is 41.6 Å². The molecule has 0 aliphatic rings. The molecule has 0 unspecified atom stereocenters. The molecule has 0 aliphatic carbocycles. The lowest BCUT2D eigenvalue weighted by Gasteiger charge is -2.17. The van der Waals surface area contributed by atoms with Crippen LogP contribution in [0.15, 0.2) is 18.2 Å². The van der Waals surface area contributed by atoms with Crippen molar-refractivity contribution in [3.05, 3.63) is 29.6 Å². The van der Waals surface area contributed by atoms with Crippen molar-refractivity contribution in [1.29, 1.82) is 0 Å². The van der Waals surface area contributed by atoms with Gasteiger partial charge in [-0.2, -0.15) is 8.78 Å². The average molecular weight is 341 g/mol. The van der Waals surface area contributed by atoms with Crippen LogP contribution in [0.4, 0.5) is 8.78 Å². The number of methoxy groups -OCH3 is 1. The van der Waals surface area contributed by atoms with Crippen molar-refractivity contribution in [1.82, 2.24) is 25.1 Å². The smallest absolute Gasteiger partial charge is 0.387 e. The number of halogens is 2. The lowest BCUT2D eigenvalue weighted by atomic mass is 10.2. The maximum atomic E-state index is 12.4. The number of aromatic nitrogens is 4. The molecule has 24 heavy (non-hydrogen) atoms. The first-order chi connectivity index (χ1) is 11.5. The number of aryl methyl sites for hydroxylation is 1. The van der Waals surface area contributed by atoms with Gasteiger partial charge in [0.2, 0.25) is 0 Å². The van der Waals surface area contributed by atoms with Crippen molar-refractivity contribution in [3.63, 3.8) is 0 Å². The number of alkyl halides is 2. The summed E-state index contributed by atoms with van der Waals surface area (Å²) in [4.78, 5) is 2.03. The Morgan fingerprint density at radius 1 is 1.25 bits per heavy atom. The van der Waals surface area contributed by atoms with E-state index in [1.54, 1.807) is 16.8 Å². The predicted octanol–water partition coefficient (Wildman–Crippen LogP) is 2.33. The summed E-state index contributed by atoms with van der Waals surface area (Å²) in [5.74, 6) is 1.08. The lowest BCUT2D eigenvalue weighted by Crippen LogP contribution is -2.20. The molecule has 0 fully saturated rings. The second-order valence-corrected chi connectivity index (χ2v) is 5.35. The van der Waals surface area contributed by atoms with Gasteiger partial charge in [0.1, 0.15) is 0 Å². The number of ether oxygens (including phenoxy) is 2.